The maximum Gasteiger partial charge on any atom is 0.0917 e. The van der Waals surface area contributed by atoms with Crippen LogP contribution in [0.15, 0.2) is 23.3 Å². The van der Waals surface area contributed by atoms with E-state index in [1.807, 2.05) is 0 Å². The van der Waals surface area contributed by atoms with Crippen LogP contribution in [0, 0.1) is 0 Å². The maximum absolute atomic E-state index is 9.64. The molecule has 0 aromatic rings. The number of rotatable bonds is 0. The minimum Gasteiger partial charge on any atom is -0.387 e. The van der Waals surface area contributed by atoms with Crippen molar-refractivity contribution < 1.29 is 5.11 Å². The first kappa shape index (κ1) is 7.56. The molecule has 0 aromatic heterocycles. The number of hydrogen-bond donors (Lipinski definition) is 1. The highest BCUT2D eigenvalue weighted by atomic mass is 79.9. The summed E-state index contributed by atoms with van der Waals surface area (Å²) in [4.78, 5) is 0.259. The SMILES string of the molecule is OC1C2=C(CCC=C2)CC1Br. The Kier molecular flexibility index (Phi) is 1.90. The fourth-order valence-corrected chi connectivity index (χ4v) is 2.48. The van der Waals surface area contributed by atoms with Crippen LogP contribution >= 0.6 is 15.9 Å². The number of allylic oxidation sites excluding steroid dienone is 2. The summed E-state index contributed by atoms with van der Waals surface area (Å²) in [5.74, 6) is 0. The molecule has 0 radical (unpaired) electrons. The van der Waals surface area contributed by atoms with E-state index in [0.29, 0.717) is 0 Å². The summed E-state index contributed by atoms with van der Waals surface area (Å²) >= 11 is 3.47. The van der Waals surface area contributed by atoms with Gasteiger partial charge in [-0.3, -0.25) is 0 Å². The summed E-state index contributed by atoms with van der Waals surface area (Å²) in [5, 5.41) is 9.64. The first-order valence-corrected chi connectivity index (χ1v) is 4.91. The number of aliphatic hydroxyl groups is 1. The monoisotopic (exact) mass is 214 g/mol. The van der Waals surface area contributed by atoms with Crippen LogP contribution in [0.1, 0.15) is 19.3 Å². The molecule has 2 atom stereocenters. The highest BCUT2D eigenvalue weighted by molar-refractivity contribution is 9.09. The lowest BCUT2D eigenvalue weighted by atomic mass is 10.00. The molecule has 0 fully saturated rings. The lowest BCUT2D eigenvalue weighted by Crippen LogP contribution is -2.15. The van der Waals surface area contributed by atoms with E-state index < -0.39 is 0 Å². The van der Waals surface area contributed by atoms with Crippen LogP contribution in [-0.2, 0) is 0 Å². The number of alkyl halides is 1. The van der Waals surface area contributed by atoms with Crippen molar-refractivity contribution in [2.45, 2.75) is 30.2 Å². The summed E-state index contributed by atoms with van der Waals surface area (Å²) < 4.78 is 0. The smallest absolute Gasteiger partial charge is 0.0917 e. The van der Waals surface area contributed by atoms with E-state index in [-0.39, 0.29) is 10.9 Å². The van der Waals surface area contributed by atoms with Crippen molar-refractivity contribution >= 4 is 15.9 Å². The van der Waals surface area contributed by atoms with Gasteiger partial charge in [0.1, 0.15) is 0 Å². The molecule has 2 aliphatic carbocycles. The Morgan fingerprint density at radius 1 is 1.55 bits per heavy atom. The van der Waals surface area contributed by atoms with Gasteiger partial charge in [0.25, 0.3) is 0 Å². The maximum atomic E-state index is 9.64. The Hall–Kier alpha value is -0.0800. The summed E-state index contributed by atoms with van der Waals surface area (Å²) in [5.41, 5.74) is 2.61. The predicted molar refractivity (Wildman–Crippen MR) is 48.7 cm³/mol. The number of aliphatic hydroxyl groups excluding tert-OH is 1. The first-order chi connectivity index (χ1) is 5.29. The molecule has 2 heteroatoms. The van der Waals surface area contributed by atoms with Crippen molar-refractivity contribution in [1.82, 2.24) is 0 Å². The minimum absolute atomic E-state index is 0.259. The first-order valence-electron chi connectivity index (χ1n) is 3.99. The molecule has 0 spiro atoms. The Morgan fingerprint density at radius 2 is 2.36 bits per heavy atom. The fraction of sp³-hybridized carbons (Fsp3) is 0.556. The van der Waals surface area contributed by atoms with E-state index in [1.165, 1.54) is 5.57 Å². The highest BCUT2D eigenvalue weighted by Gasteiger charge is 2.30. The molecule has 2 unspecified atom stereocenters. The molecule has 60 valence electrons. The third kappa shape index (κ3) is 1.18. The number of hydrogen-bond acceptors (Lipinski definition) is 1. The lowest BCUT2D eigenvalue weighted by molar-refractivity contribution is 0.222. The van der Waals surface area contributed by atoms with Gasteiger partial charge in [0.15, 0.2) is 0 Å². The van der Waals surface area contributed by atoms with E-state index in [2.05, 4.69) is 28.1 Å². The number of halogens is 1. The summed E-state index contributed by atoms with van der Waals surface area (Å²) in [6, 6.07) is 0. The second-order valence-corrected chi connectivity index (χ2v) is 4.34. The third-order valence-electron chi connectivity index (χ3n) is 2.42. The second-order valence-electron chi connectivity index (χ2n) is 3.16. The summed E-state index contributed by atoms with van der Waals surface area (Å²) in [6.45, 7) is 0. The van der Waals surface area contributed by atoms with Crippen molar-refractivity contribution in [3.8, 4) is 0 Å². The standard InChI is InChI=1S/C9H11BrO/c10-8-5-6-3-1-2-4-7(6)9(8)11/h2,4,8-9,11H,1,3,5H2. The van der Waals surface area contributed by atoms with Crippen molar-refractivity contribution in [3.63, 3.8) is 0 Å². The molecular weight excluding hydrogens is 204 g/mol. The van der Waals surface area contributed by atoms with Crippen molar-refractivity contribution in [1.29, 1.82) is 0 Å². The highest BCUT2D eigenvalue weighted by Crippen LogP contribution is 2.37. The molecule has 0 bridgehead atoms. The zero-order chi connectivity index (χ0) is 7.84. The molecule has 0 heterocycles. The normalized spacial score (nSPS) is 36.2. The molecule has 1 nitrogen and oxygen atoms in total. The Morgan fingerprint density at radius 3 is 3.09 bits per heavy atom. The van der Waals surface area contributed by atoms with Crippen LogP contribution in [0.2, 0.25) is 0 Å². The van der Waals surface area contributed by atoms with Gasteiger partial charge in [-0.05, 0) is 24.8 Å². The van der Waals surface area contributed by atoms with E-state index in [1.54, 1.807) is 0 Å². The van der Waals surface area contributed by atoms with Gasteiger partial charge in [-0.2, -0.15) is 0 Å². The minimum atomic E-state index is -0.262. The van der Waals surface area contributed by atoms with Crippen LogP contribution in [0.4, 0.5) is 0 Å². The molecule has 0 saturated heterocycles. The van der Waals surface area contributed by atoms with Gasteiger partial charge in [0.05, 0.1) is 6.10 Å². The molecule has 0 saturated carbocycles. The van der Waals surface area contributed by atoms with E-state index >= 15 is 0 Å². The van der Waals surface area contributed by atoms with E-state index in [9.17, 15) is 5.11 Å². The molecule has 0 amide bonds. The van der Waals surface area contributed by atoms with Crippen LogP contribution in [0.3, 0.4) is 0 Å². The van der Waals surface area contributed by atoms with E-state index in [0.717, 1.165) is 24.8 Å². The molecule has 1 N–H and O–H groups in total. The van der Waals surface area contributed by atoms with Gasteiger partial charge in [0, 0.05) is 4.83 Å². The zero-order valence-electron chi connectivity index (χ0n) is 6.26. The van der Waals surface area contributed by atoms with Crippen LogP contribution in [0.25, 0.3) is 0 Å². The predicted octanol–water partition coefficient (Wildman–Crippen LogP) is 2.16. The summed E-state index contributed by atoms with van der Waals surface area (Å²) in [7, 11) is 0. The Bertz CT molecular complexity index is 230. The zero-order valence-corrected chi connectivity index (χ0v) is 7.84. The quantitative estimate of drug-likeness (QED) is 0.614. The Labute approximate surface area is 74.9 Å². The van der Waals surface area contributed by atoms with Crippen molar-refractivity contribution in [3.05, 3.63) is 23.3 Å². The van der Waals surface area contributed by atoms with Crippen LogP contribution in [-0.4, -0.2) is 16.0 Å². The largest absolute Gasteiger partial charge is 0.387 e. The van der Waals surface area contributed by atoms with Gasteiger partial charge in [0.2, 0.25) is 0 Å². The van der Waals surface area contributed by atoms with E-state index in [4.69, 9.17) is 0 Å². The summed E-state index contributed by atoms with van der Waals surface area (Å²) in [6.07, 6.45) is 7.27. The van der Waals surface area contributed by atoms with Crippen molar-refractivity contribution in [2.24, 2.45) is 0 Å². The average Bonchev–Trinajstić information content (AvgIpc) is 2.30. The topological polar surface area (TPSA) is 20.2 Å². The lowest BCUT2D eigenvalue weighted by Gasteiger charge is -2.10. The molecular formula is C9H11BrO. The molecule has 0 aromatic carbocycles. The van der Waals surface area contributed by atoms with Crippen LogP contribution in [0.5, 0.6) is 0 Å². The van der Waals surface area contributed by atoms with Crippen LogP contribution < -0.4 is 0 Å². The van der Waals surface area contributed by atoms with Crippen molar-refractivity contribution in [2.75, 3.05) is 0 Å². The Balaban J connectivity index is 2.28. The second kappa shape index (κ2) is 2.76. The molecule has 0 aliphatic heterocycles. The fourth-order valence-electron chi connectivity index (χ4n) is 1.80. The van der Waals surface area contributed by atoms with Gasteiger partial charge >= 0.3 is 0 Å². The van der Waals surface area contributed by atoms with Gasteiger partial charge in [-0.25, -0.2) is 0 Å². The molecule has 2 rings (SSSR count). The van der Waals surface area contributed by atoms with Gasteiger partial charge in [-0.15, -0.1) is 0 Å². The van der Waals surface area contributed by atoms with Gasteiger partial charge < -0.3 is 5.11 Å². The molecule has 11 heavy (non-hydrogen) atoms. The molecule has 2 aliphatic rings. The third-order valence-corrected chi connectivity index (χ3v) is 3.25. The average molecular weight is 215 g/mol. The van der Waals surface area contributed by atoms with Gasteiger partial charge in [-0.1, -0.05) is 33.7 Å².